The van der Waals surface area contributed by atoms with Crippen molar-refractivity contribution in [2.45, 2.75) is 43.8 Å². The van der Waals surface area contributed by atoms with Gasteiger partial charge in [0.15, 0.2) is 0 Å². The first-order valence-electron chi connectivity index (χ1n) is 7.30. The van der Waals surface area contributed by atoms with Gasteiger partial charge < -0.3 is 4.90 Å². The van der Waals surface area contributed by atoms with Gasteiger partial charge in [-0.25, -0.2) is 0 Å². The Labute approximate surface area is 119 Å². The maximum absolute atomic E-state index is 12.5. The molecule has 4 heteroatoms. The van der Waals surface area contributed by atoms with Crippen molar-refractivity contribution in [2.24, 2.45) is 0 Å². The van der Waals surface area contributed by atoms with Crippen LogP contribution in [0.2, 0.25) is 0 Å². The summed E-state index contributed by atoms with van der Waals surface area (Å²) >= 11 is 0. The van der Waals surface area contributed by atoms with E-state index in [1.54, 1.807) is 4.90 Å². The highest BCUT2D eigenvalue weighted by Crippen LogP contribution is 2.28. The number of nitrogens with zero attached hydrogens (tertiary/aromatic N) is 2. The van der Waals surface area contributed by atoms with Crippen LogP contribution in [0.25, 0.3) is 0 Å². The van der Waals surface area contributed by atoms with Crippen molar-refractivity contribution in [3.8, 4) is 6.07 Å². The number of likely N-dealkylation sites (tertiary alicyclic amines) is 1. The molecule has 2 aliphatic rings. The molecule has 0 unspecified atom stereocenters. The molecule has 2 fully saturated rings. The number of nitriles is 1. The van der Waals surface area contributed by atoms with Gasteiger partial charge in [0.25, 0.3) is 0 Å². The summed E-state index contributed by atoms with van der Waals surface area (Å²) < 4.78 is 0. The van der Waals surface area contributed by atoms with Gasteiger partial charge in [-0.1, -0.05) is 30.3 Å². The Kier molecular flexibility index (Phi) is 3.70. The van der Waals surface area contributed by atoms with Crippen molar-refractivity contribution in [3.05, 3.63) is 35.9 Å². The van der Waals surface area contributed by atoms with Gasteiger partial charge >= 0.3 is 0 Å². The van der Waals surface area contributed by atoms with E-state index in [0.29, 0.717) is 0 Å². The topological polar surface area (TPSA) is 56.1 Å². The van der Waals surface area contributed by atoms with Crippen molar-refractivity contribution in [1.82, 2.24) is 10.2 Å². The molecular formula is C16H19N3O. The molecule has 4 nitrogen and oxygen atoms in total. The number of nitrogens with one attached hydrogen (secondary N) is 1. The van der Waals surface area contributed by atoms with Crippen LogP contribution in [0, 0.1) is 11.3 Å². The molecule has 0 aromatic heterocycles. The summed E-state index contributed by atoms with van der Waals surface area (Å²) in [6, 6.07) is 12.4. The normalized spacial score (nSPS) is 29.4. The van der Waals surface area contributed by atoms with Crippen LogP contribution in [0.4, 0.5) is 0 Å². The van der Waals surface area contributed by atoms with Crippen LogP contribution in [0.3, 0.4) is 0 Å². The van der Waals surface area contributed by atoms with Gasteiger partial charge in [-0.2, -0.15) is 5.26 Å². The predicted octanol–water partition coefficient (Wildman–Crippen LogP) is 1.99. The summed E-state index contributed by atoms with van der Waals surface area (Å²) in [6.07, 6.45) is 3.59. The van der Waals surface area contributed by atoms with Crippen molar-refractivity contribution < 1.29 is 4.79 Å². The quantitative estimate of drug-likeness (QED) is 0.893. The highest BCUT2D eigenvalue weighted by Gasteiger charge is 2.36. The molecule has 3 atom stereocenters. The molecule has 3 rings (SSSR count). The third kappa shape index (κ3) is 2.41. The average molecular weight is 269 g/mol. The fourth-order valence-electron chi connectivity index (χ4n) is 3.25. The largest absolute Gasteiger partial charge is 0.325 e. The molecule has 0 saturated carbocycles. The van der Waals surface area contributed by atoms with Crippen molar-refractivity contribution in [3.63, 3.8) is 0 Å². The van der Waals surface area contributed by atoms with Crippen LogP contribution in [-0.2, 0) is 4.79 Å². The molecule has 1 aromatic rings. The molecule has 0 spiro atoms. The number of carbonyl (C=O) groups is 1. The fraction of sp³-hybridized carbons (Fsp3) is 0.500. The summed E-state index contributed by atoms with van der Waals surface area (Å²) in [4.78, 5) is 14.3. The van der Waals surface area contributed by atoms with Crippen LogP contribution < -0.4 is 5.32 Å². The van der Waals surface area contributed by atoms with Gasteiger partial charge in [-0.3, -0.25) is 10.1 Å². The lowest BCUT2D eigenvalue weighted by atomic mass is 10.1. The predicted molar refractivity (Wildman–Crippen MR) is 75.7 cm³/mol. The Balaban J connectivity index is 1.65. The highest BCUT2D eigenvalue weighted by molar-refractivity contribution is 5.83. The number of hydrogen-bond donors (Lipinski definition) is 1. The Morgan fingerprint density at radius 1 is 1.25 bits per heavy atom. The lowest BCUT2D eigenvalue weighted by Crippen LogP contribution is -2.45. The highest BCUT2D eigenvalue weighted by atomic mass is 16.2. The van der Waals surface area contributed by atoms with E-state index in [0.717, 1.165) is 32.2 Å². The molecule has 1 N–H and O–H groups in total. The lowest BCUT2D eigenvalue weighted by Gasteiger charge is -2.24. The van der Waals surface area contributed by atoms with Gasteiger partial charge in [0.2, 0.25) is 5.91 Å². The van der Waals surface area contributed by atoms with E-state index in [2.05, 4.69) is 23.5 Å². The Bertz CT molecular complexity index is 522. The SMILES string of the molecule is N#C[C@@H]1CCCN1C(=O)[C@H]1CC[C@H](c2ccccc2)N1. The van der Waals surface area contributed by atoms with Crippen molar-refractivity contribution in [1.29, 1.82) is 5.26 Å². The van der Waals surface area contributed by atoms with E-state index in [9.17, 15) is 4.79 Å². The maximum atomic E-state index is 12.5. The molecule has 2 heterocycles. The van der Waals surface area contributed by atoms with Crippen LogP contribution in [-0.4, -0.2) is 29.4 Å². The number of carbonyl (C=O) groups excluding carboxylic acids is 1. The van der Waals surface area contributed by atoms with Gasteiger partial charge in [0.1, 0.15) is 6.04 Å². The van der Waals surface area contributed by atoms with Gasteiger partial charge in [-0.05, 0) is 31.2 Å². The third-order valence-corrected chi connectivity index (χ3v) is 4.33. The molecule has 0 bridgehead atoms. The molecule has 2 saturated heterocycles. The second-order valence-corrected chi connectivity index (χ2v) is 5.58. The smallest absolute Gasteiger partial charge is 0.240 e. The number of benzene rings is 1. The molecule has 1 aromatic carbocycles. The molecule has 1 amide bonds. The Morgan fingerprint density at radius 3 is 2.80 bits per heavy atom. The zero-order valence-electron chi connectivity index (χ0n) is 11.5. The Hall–Kier alpha value is -1.86. The average Bonchev–Trinajstić information content (AvgIpc) is 3.16. The minimum absolute atomic E-state index is 0.104. The van der Waals surface area contributed by atoms with Gasteiger partial charge in [-0.15, -0.1) is 0 Å². The van der Waals surface area contributed by atoms with Crippen LogP contribution in [0.5, 0.6) is 0 Å². The third-order valence-electron chi connectivity index (χ3n) is 4.33. The van der Waals surface area contributed by atoms with E-state index in [1.807, 2.05) is 18.2 Å². The second kappa shape index (κ2) is 5.64. The van der Waals surface area contributed by atoms with E-state index < -0.39 is 0 Å². The minimum atomic E-state index is -0.222. The summed E-state index contributed by atoms with van der Waals surface area (Å²) in [5, 5.41) is 12.5. The summed E-state index contributed by atoms with van der Waals surface area (Å²) in [5.41, 5.74) is 1.24. The number of amides is 1. The molecular weight excluding hydrogens is 250 g/mol. The van der Waals surface area contributed by atoms with Crippen molar-refractivity contribution in [2.75, 3.05) is 6.54 Å². The molecule has 104 valence electrons. The number of hydrogen-bond acceptors (Lipinski definition) is 3. The minimum Gasteiger partial charge on any atom is -0.325 e. The van der Waals surface area contributed by atoms with Crippen molar-refractivity contribution >= 4 is 5.91 Å². The molecule has 0 aliphatic carbocycles. The fourth-order valence-corrected chi connectivity index (χ4v) is 3.25. The Morgan fingerprint density at radius 2 is 2.05 bits per heavy atom. The molecule has 2 aliphatic heterocycles. The van der Waals surface area contributed by atoms with Gasteiger partial charge in [0, 0.05) is 12.6 Å². The lowest BCUT2D eigenvalue weighted by molar-refractivity contribution is -0.133. The first-order valence-corrected chi connectivity index (χ1v) is 7.30. The van der Waals surface area contributed by atoms with E-state index >= 15 is 0 Å². The van der Waals surface area contributed by atoms with E-state index in [1.165, 1.54) is 5.56 Å². The molecule has 20 heavy (non-hydrogen) atoms. The summed E-state index contributed by atoms with van der Waals surface area (Å²) in [6.45, 7) is 0.727. The first kappa shape index (κ1) is 13.1. The van der Waals surface area contributed by atoms with Crippen LogP contribution >= 0.6 is 0 Å². The second-order valence-electron chi connectivity index (χ2n) is 5.58. The van der Waals surface area contributed by atoms with Crippen LogP contribution in [0.15, 0.2) is 30.3 Å². The number of rotatable bonds is 2. The van der Waals surface area contributed by atoms with Crippen LogP contribution in [0.1, 0.15) is 37.3 Å². The van der Waals surface area contributed by atoms with E-state index in [-0.39, 0.29) is 24.0 Å². The zero-order valence-corrected chi connectivity index (χ0v) is 11.5. The monoisotopic (exact) mass is 269 g/mol. The van der Waals surface area contributed by atoms with Gasteiger partial charge in [0.05, 0.1) is 12.1 Å². The zero-order chi connectivity index (χ0) is 13.9. The summed E-state index contributed by atoms with van der Waals surface area (Å²) in [7, 11) is 0. The standard InChI is InChI=1S/C16H19N3O/c17-11-13-7-4-10-19(13)16(20)15-9-8-14(18-15)12-5-2-1-3-6-12/h1-3,5-6,13-15,18H,4,7-10H2/t13-,14+,15+/m0/s1. The van der Waals surface area contributed by atoms with E-state index in [4.69, 9.17) is 5.26 Å². The first-order chi connectivity index (χ1) is 9.79. The maximum Gasteiger partial charge on any atom is 0.240 e. The molecule has 0 radical (unpaired) electrons. The summed E-state index contributed by atoms with van der Waals surface area (Å²) in [5.74, 6) is 0.104.